The van der Waals surface area contributed by atoms with Crippen molar-refractivity contribution in [1.82, 2.24) is 0 Å². The lowest BCUT2D eigenvalue weighted by Gasteiger charge is -2.41. The molecule has 0 heteroatoms. The van der Waals surface area contributed by atoms with Crippen LogP contribution in [0.1, 0.15) is 59.3 Å². The van der Waals surface area contributed by atoms with Gasteiger partial charge in [-0.2, -0.15) is 0 Å². The van der Waals surface area contributed by atoms with Gasteiger partial charge in [-0.25, -0.2) is 0 Å². The maximum absolute atomic E-state index is 2.51. The molecule has 2 aliphatic carbocycles. The van der Waals surface area contributed by atoms with Crippen molar-refractivity contribution in [2.75, 3.05) is 0 Å². The van der Waals surface area contributed by atoms with E-state index in [4.69, 9.17) is 0 Å². The van der Waals surface area contributed by atoms with E-state index in [0.717, 1.165) is 29.6 Å². The fourth-order valence-electron chi connectivity index (χ4n) is 4.51. The molecule has 0 bridgehead atoms. The fourth-order valence-corrected chi connectivity index (χ4v) is 4.51. The van der Waals surface area contributed by atoms with Gasteiger partial charge in [0.25, 0.3) is 0 Å². The predicted molar refractivity (Wildman–Crippen MR) is 62.2 cm³/mol. The Bertz CT molecular complexity index is 166. The smallest absolute Gasteiger partial charge is 0.0334 e. The monoisotopic (exact) mass is 194 g/mol. The molecule has 2 unspecified atom stereocenters. The summed E-state index contributed by atoms with van der Waals surface area (Å²) in [6.07, 6.45) is 9.07. The highest BCUT2D eigenvalue weighted by atomic mass is 14.4. The maximum Gasteiger partial charge on any atom is -0.0334 e. The Labute approximate surface area is 89.5 Å². The molecule has 0 aliphatic heterocycles. The van der Waals surface area contributed by atoms with Crippen LogP contribution in [-0.2, 0) is 0 Å². The van der Waals surface area contributed by atoms with E-state index in [1.807, 2.05) is 0 Å². The summed E-state index contributed by atoms with van der Waals surface area (Å²) < 4.78 is 0. The van der Waals surface area contributed by atoms with E-state index in [0.29, 0.717) is 0 Å². The molecule has 0 amide bonds. The first-order chi connectivity index (χ1) is 6.68. The zero-order valence-corrected chi connectivity index (χ0v) is 10.1. The highest BCUT2D eigenvalue weighted by Crippen LogP contribution is 2.46. The first-order valence-electron chi connectivity index (χ1n) is 6.68. The van der Waals surface area contributed by atoms with E-state index < -0.39 is 0 Å². The van der Waals surface area contributed by atoms with Crippen LogP contribution in [-0.4, -0.2) is 0 Å². The molecular formula is C14H26. The van der Waals surface area contributed by atoms with Gasteiger partial charge in [0.2, 0.25) is 0 Å². The normalized spacial score (nSPS) is 45.6. The van der Waals surface area contributed by atoms with Crippen LogP contribution in [0.5, 0.6) is 0 Å². The zero-order valence-electron chi connectivity index (χ0n) is 10.1. The summed E-state index contributed by atoms with van der Waals surface area (Å²) in [7, 11) is 0. The van der Waals surface area contributed by atoms with Crippen LogP contribution in [0.15, 0.2) is 0 Å². The zero-order chi connectivity index (χ0) is 10.1. The van der Waals surface area contributed by atoms with Gasteiger partial charge in [-0.15, -0.1) is 0 Å². The molecule has 2 aliphatic rings. The van der Waals surface area contributed by atoms with E-state index in [2.05, 4.69) is 20.8 Å². The lowest BCUT2D eigenvalue weighted by atomic mass is 9.64. The molecule has 2 rings (SSSR count). The van der Waals surface area contributed by atoms with E-state index in [9.17, 15) is 0 Å². The van der Waals surface area contributed by atoms with E-state index >= 15 is 0 Å². The summed E-state index contributed by atoms with van der Waals surface area (Å²) in [5.74, 6) is 5.13. The standard InChI is InChI=1S/C14H26/c1-10-8-11(2)14(12(3)9-10)13-6-4-5-7-13/h10-14H,4-9H2,1-3H3. The molecule has 0 aromatic heterocycles. The minimum Gasteiger partial charge on any atom is -0.0625 e. The van der Waals surface area contributed by atoms with Gasteiger partial charge in [-0.05, 0) is 42.4 Å². The largest absolute Gasteiger partial charge is 0.0625 e. The van der Waals surface area contributed by atoms with Gasteiger partial charge >= 0.3 is 0 Å². The average molecular weight is 194 g/mol. The Hall–Kier alpha value is 0. The van der Waals surface area contributed by atoms with Crippen LogP contribution in [0.2, 0.25) is 0 Å². The molecule has 2 saturated carbocycles. The van der Waals surface area contributed by atoms with Gasteiger partial charge < -0.3 is 0 Å². The molecule has 0 aromatic rings. The maximum atomic E-state index is 2.51. The van der Waals surface area contributed by atoms with Crippen molar-refractivity contribution in [2.45, 2.75) is 59.3 Å². The number of rotatable bonds is 1. The van der Waals surface area contributed by atoms with E-state index in [1.54, 1.807) is 0 Å². The molecule has 0 nitrogen and oxygen atoms in total. The summed E-state index contributed by atoms with van der Waals surface area (Å²) in [5, 5.41) is 0. The fraction of sp³-hybridized carbons (Fsp3) is 1.00. The summed E-state index contributed by atoms with van der Waals surface area (Å²) in [6, 6.07) is 0. The minimum atomic E-state index is 0.984. The van der Waals surface area contributed by atoms with Gasteiger partial charge in [-0.1, -0.05) is 46.5 Å². The van der Waals surface area contributed by atoms with Gasteiger partial charge in [0.1, 0.15) is 0 Å². The van der Waals surface area contributed by atoms with Gasteiger partial charge in [0.15, 0.2) is 0 Å². The average Bonchev–Trinajstić information content (AvgIpc) is 2.54. The second-order valence-corrected chi connectivity index (χ2v) is 6.15. The van der Waals surface area contributed by atoms with Crippen LogP contribution in [0.3, 0.4) is 0 Å². The van der Waals surface area contributed by atoms with Crippen molar-refractivity contribution in [3.8, 4) is 0 Å². The minimum absolute atomic E-state index is 0.984. The Balaban J connectivity index is 2.01. The van der Waals surface area contributed by atoms with Crippen molar-refractivity contribution in [1.29, 1.82) is 0 Å². The molecule has 0 heterocycles. The molecule has 0 spiro atoms. The van der Waals surface area contributed by atoms with Crippen molar-refractivity contribution in [3.63, 3.8) is 0 Å². The summed E-state index contributed by atoms with van der Waals surface area (Å²) in [5.41, 5.74) is 0. The summed E-state index contributed by atoms with van der Waals surface area (Å²) in [6.45, 7) is 7.46. The molecule has 0 saturated heterocycles. The first-order valence-corrected chi connectivity index (χ1v) is 6.68. The predicted octanol–water partition coefficient (Wildman–Crippen LogP) is 4.49. The van der Waals surface area contributed by atoms with Crippen LogP contribution < -0.4 is 0 Å². The van der Waals surface area contributed by atoms with Crippen LogP contribution in [0, 0.1) is 29.6 Å². The van der Waals surface area contributed by atoms with Crippen LogP contribution >= 0.6 is 0 Å². The summed E-state index contributed by atoms with van der Waals surface area (Å²) in [4.78, 5) is 0. The van der Waals surface area contributed by atoms with Crippen molar-refractivity contribution < 1.29 is 0 Å². The highest BCUT2D eigenvalue weighted by Gasteiger charge is 2.37. The molecule has 2 fully saturated rings. The third kappa shape index (κ3) is 1.99. The molecule has 82 valence electrons. The third-order valence-corrected chi connectivity index (χ3v) is 4.81. The lowest BCUT2D eigenvalue weighted by molar-refractivity contribution is 0.0836. The van der Waals surface area contributed by atoms with Crippen molar-refractivity contribution >= 4 is 0 Å². The van der Waals surface area contributed by atoms with Gasteiger partial charge in [0, 0.05) is 0 Å². The lowest BCUT2D eigenvalue weighted by Crippen LogP contribution is -2.33. The van der Waals surface area contributed by atoms with E-state index in [-0.39, 0.29) is 0 Å². The number of hydrogen-bond acceptors (Lipinski definition) is 0. The SMILES string of the molecule is CC1CC(C)C(C2CCCC2)C(C)C1. The van der Waals surface area contributed by atoms with Crippen molar-refractivity contribution in [2.24, 2.45) is 29.6 Å². The Morgan fingerprint density at radius 2 is 1.29 bits per heavy atom. The van der Waals surface area contributed by atoms with Crippen molar-refractivity contribution in [3.05, 3.63) is 0 Å². The Morgan fingerprint density at radius 3 is 1.79 bits per heavy atom. The topological polar surface area (TPSA) is 0 Å². The van der Waals surface area contributed by atoms with Gasteiger partial charge in [0.05, 0.1) is 0 Å². The van der Waals surface area contributed by atoms with E-state index in [1.165, 1.54) is 38.5 Å². The number of hydrogen-bond donors (Lipinski definition) is 0. The van der Waals surface area contributed by atoms with Crippen LogP contribution in [0.4, 0.5) is 0 Å². The Morgan fingerprint density at radius 1 is 0.786 bits per heavy atom. The second-order valence-electron chi connectivity index (χ2n) is 6.15. The van der Waals surface area contributed by atoms with Crippen LogP contribution in [0.25, 0.3) is 0 Å². The first kappa shape index (κ1) is 10.5. The molecule has 14 heavy (non-hydrogen) atoms. The molecule has 0 aromatic carbocycles. The molecule has 0 radical (unpaired) electrons. The second kappa shape index (κ2) is 4.24. The highest BCUT2D eigenvalue weighted by molar-refractivity contribution is 4.87. The Kier molecular flexibility index (Phi) is 3.19. The molecule has 0 N–H and O–H groups in total. The third-order valence-electron chi connectivity index (χ3n) is 4.81. The quantitative estimate of drug-likeness (QED) is 0.577. The summed E-state index contributed by atoms with van der Waals surface area (Å²) >= 11 is 0. The molecule has 2 atom stereocenters. The molecular weight excluding hydrogens is 168 g/mol. The van der Waals surface area contributed by atoms with Gasteiger partial charge in [-0.3, -0.25) is 0 Å².